The summed E-state index contributed by atoms with van der Waals surface area (Å²) in [5.41, 5.74) is 0. The van der Waals surface area contributed by atoms with Crippen molar-refractivity contribution in [2.75, 3.05) is 0 Å². The van der Waals surface area contributed by atoms with E-state index in [1.54, 1.807) is 0 Å². The molecule has 5 heteroatoms. The molecule has 0 aliphatic rings. The van der Waals surface area contributed by atoms with Crippen LogP contribution in [0.15, 0.2) is 0 Å². The third kappa shape index (κ3) is 20.4. The molecule has 0 aliphatic carbocycles. The SMILES string of the molecule is [Cu].[GaH3].[MgH2].[Mn].[SiH4]. The van der Waals surface area contributed by atoms with Crippen molar-refractivity contribution >= 4 is 53.8 Å². The average molecular weight is 250 g/mol. The smallest absolute Gasteiger partial charge is 0.0149 e. The summed E-state index contributed by atoms with van der Waals surface area (Å²) in [5, 5.41) is 0. The van der Waals surface area contributed by atoms with E-state index in [2.05, 4.69) is 0 Å². The first kappa shape index (κ1) is 48.0. The fourth-order valence-electron chi connectivity index (χ4n) is 0. The van der Waals surface area contributed by atoms with E-state index in [-0.39, 0.29) is 87.9 Å². The van der Waals surface area contributed by atoms with Crippen LogP contribution in [0.3, 0.4) is 0 Å². The van der Waals surface area contributed by atoms with Crippen molar-refractivity contribution in [2.45, 2.75) is 0 Å². The van der Waals surface area contributed by atoms with Crippen molar-refractivity contribution < 1.29 is 34.1 Å². The first-order valence-electron chi connectivity index (χ1n) is 0. The minimum atomic E-state index is 0. The molecule has 0 saturated carbocycles. The first-order chi connectivity index (χ1) is 0. The van der Waals surface area contributed by atoms with Gasteiger partial charge in [0.25, 0.3) is 0 Å². The standard InChI is InChI=1S/Cu.Ga.Mg.Mn.H4Si.5H/h;;;;1H4;;;;;. The normalized spacial score (nSPS) is 0. The van der Waals surface area contributed by atoms with Crippen molar-refractivity contribution in [3.8, 4) is 0 Å². The topological polar surface area (TPSA) is 0 Å². The Balaban J connectivity index is 0. The van der Waals surface area contributed by atoms with Gasteiger partial charge in [0.2, 0.25) is 0 Å². The predicted octanol–water partition coefficient (Wildman–Crippen LogP) is -3.56. The molecular formula is H9CuGaMgMnSi. The maximum absolute atomic E-state index is 0. The van der Waals surface area contributed by atoms with Crippen molar-refractivity contribution in [1.29, 1.82) is 0 Å². The molecule has 0 aromatic carbocycles. The van der Waals surface area contributed by atoms with E-state index in [1.807, 2.05) is 0 Å². The van der Waals surface area contributed by atoms with Crippen molar-refractivity contribution in [1.82, 2.24) is 0 Å². The van der Waals surface area contributed by atoms with Gasteiger partial charge in [-0.2, -0.15) is 0 Å². The zero-order chi connectivity index (χ0) is 0. The monoisotopic (exact) mass is 248 g/mol. The van der Waals surface area contributed by atoms with Crippen LogP contribution in [0.5, 0.6) is 0 Å². The summed E-state index contributed by atoms with van der Waals surface area (Å²) < 4.78 is 0. The van der Waals surface area contributed by atoms with Crippen LogP contribution in [0.1, 0.15) is 0 Å². The maximum Gasteiger partial charge on any atom is 0.316 e. The molecule has 0 spiro atoms. The Bertz CT molecular complexity index is 11.6. The fraction of sp³-hybridized carbons (Fsp3) is 0. The Labute approximate surface area is 86.8 Å². The molecule has 0 aliphatic heterocycles. The van der Waals surface area contributed by atoms with Crippen LogP contribution in [0, 0.1) is 0 Å². The summed E-state index contributed by atoms with van der Waals surface area (Å²) in [6.07, 6.45) is 0. The van der Waals surface area contributed by atoms with Gasteiger partial charge < -0.3 is 0 Å². The van der Waals surface area contributed by atoms with Gasteiger partial charge in [-0.3, -0.25) is 0 Å². The molecule has 0 amide bonds. The third-order valence-corrected chi connectivity index (χ3v) is 0. The zero-order valence-corrected chi connectivity index (χ0v) is 2.80. The average Bonchev–Trinajstić information content (AvgIpc) is 0. The van der Waals surface area contributed by atoms with Crippen LogP contribution in [0.25, 0.3) is 0 Å². The van der Waals surface area contributed by atoms with E-state index in [4.69, 9.17) is 0 Å². The van der Waals surface area contributed by atoms with Crippen LogP contribution in [-0.2, 0) is 34.1 Å². The Morgan fingerprint density at radius 2 is 1.00 bits per heavy atom. The fourth-order valence-corrected chi connectivity index (χ4v) is 0. The van der Waals surface area contributed by atoms with Crippen LogP contribution >= 0.6 is 0 Å². The number of rotatable bonds is 0. The van der Waals surface area contributed by atoms with Gasteiger partial charge in [0, 0.05) is 34.1 Å². The molecule has 2 radical (unpaired) electrons. The molecule has 36 valence electrons. The van der Waals surface area contributed by atoms with E-state index in [0.29, 0.717) is 0 Å². The quantitative estimate of drug-likeness (QED) is 0.390. The summed E-state index contributed by atoms with van der Waals surface area (Å²) in [4.78, 5) is 0. The summed E-state index contributed by atoms with van der Waals surface area (Å²) >= 11 is 0. The summed E-state index contributed by atoms with van der Waals surface area (Å²) in [5.74, 6) is 0. The summed E-state index contributed by atoms with van der Waals surface area (Å²) in [6.45, 7) is 0. The molecule has 0 N–H and O–H groups in total. The molecule has 0 rings (SSSR count). The van der Waals surface area contributed by atoms with E-state index < -0.39 is 0 Å². The Hall–Kier alpha value is 2.66. The van der Waals surface area contributed by atoms with E-state index in [1.165, 1.54) is 0 Å². The van der Waals surface area contributed by atoms with Gasteiger partial charge in [0.15, 0.2) is 0 Å². The van der Waals surface area contributed by atoms with Gasteiger partial charge in [-0.05, 0) is 11.0 Å². The molecule has 0 bridgehead atoms. The Kier molecular flexibility index (Phi) is 290. The van der Waals surface area contributed by atoms with Crippen molar-refractivity contribution in [3.63, 3.8) is 0 Å². The van der Waals surface area contributed by atoms with E-state index in [0.717, 1.165) is 0 Å². The van der Waals surface area contributed by atoms with Gasteiger partial charge in [0.1, 0.15) is 0 Å². The van der Waals surface area contributed by atoms with Crippen molar-refractivity contribution in [3.05, 3.63) is 0 Å². The number of hydrogen-bond donors (Lipinski definition) is 0. The molecule has 0 saturated heterocycles. The molecule has 0 heterocycles. The second-order valence-corrected chi connectivity index (χ2v) is 0. The second kappa shape index (κ2) is 30.2. The van der Waals surface area contributed by atoms with Gasteiger partial charge in [-0.15, -0.1) is 0 Å². The van der Waals surface area contributed by atoms with Crippen LogP contribution in [-0.4, -0.2) is 53.8 Å². The number of hydrogen-bond acceptors (Lipinski definition) is 0. The van der Waals surface area contributed by atoms with Crippen LogP contribution < -0.4 is 0 Å². The largest absolute Gasteiger partial charge is 0.316 e. The van der Waals surface area contributed by atoms with E-state index in [9.17, 15) is 0 Å². The van der Waals surface area contributed by atoms with E-state index >= 15 is 0 Å². The molecular weight excluding hydrogens is 241 g/mol. The summed E-state index contributed by atoms with van der Waals surface area (Å²) in [6, 6.07) is 0. The van der Waals surface area contributed by atoms with Gasteiger partial charge in [0.05, 0.1) is 0 Å². The van der Waals surface area contributed by atoms with Gasteiger partial charge in [-0.25, -0.2) is 0 Å². The third-order valence-electron chi connectivity index (χ3n) is 0. The Morgan fingerprint density at radius 3 is 1.00 bits per heavy atom. The van der Waals surface area contributed by atoms with Gasteiger partial charge >= 0.3 is 42.8 Å². The zero-order valence-electron chi connectivity index (χ0n) is 0.679. The molecule has 5 heavy (non-hydrogen) atoms. The maximum atomic E-state index is 0. The Morgan fingerprint density at radius 1 is 1.00 bits per heavy atom. The first-order valence-corrected chi connectivity index (χ1v) is 0. The molecule has 0 aromatic heterocycles. The molecule has 0 fully saturated rings. The molecule has 0 unspecified atom stereocenters. The second-order valence-electron chi connectivity index (χ2n) is 0. The van der Waals surface area contributed by atoms with Crippen molar-refractivity contribution in [2.24, 2.45) is 0 Å². The molecule has 0 aromatic rings. The van der Waals surface area contributed by atoms with Crippen LogP contribution in [0.2, 0.25) is 0 Å². The molecule has 0 nitrogen and oxygen atoms in total. The minimum Gasteiger partial charge on any atom is -0.0149 e. The van der Waals surface area contributed by atoms with Gasteiger partial charge in [-0.1, -0.05) is 0 Å². The predicted molar refractivity (Wildman–Crippen MR) is 29.8 cm³/mol. The minimum absolute atomic E-state index is 0. The summed E-state index contributed by atoms with van der Waals surface area (Å²) in [7, 11) is 0. The molecule has 0 atom stereocenters. The van der Waals surface area contributed by atoms with Crippen LogP contribution in [0.4, 0.5) is 0 Å².